The highest BCUT2D eigenvalue weighted by molar-refractivity contribution is 6.43. The second-order valence-corrected chi connectivity index (χ2v) is 5.12. The first kappa shape index (κ1) is 17.3. The van der Waals surface area contributed by atoms with Crippen LogP contribution in [0, 0.1) is 0 Å². The van der Waals surface area contributed by atoms with Crippen molar-refractivity contribution in [3.8, 4) is 0 Å². The van der Waals surface area contributed by atoms with Crippen molar-refractivity contribution in [2.75, 3.05) is 23.5 Å². The van der Waals surface area contributed by atoms with Crippen LogP contribution in [0.1, 0.15) is 10.4 Å². The SMILES string of the molecule is COC(=O)c1ccc(NC(=O)C(=O)Nc2ccc(N)c(Cl)c2)cc1. The fourth-order valence-corrected chi connectivity index (χ4v) is 1.97. The Morgan fingerprint density at radius 3 is 2.04 bits per heavy atom. The molecule has 0 fully saturated rings. The van der Waals surface area contributed by atoms with Gasteiger partial charge >= 0.3 is 17.8 Å². The van der Waals surface area contributed by atoms with Gasteiger partial charge in [-0.3, -0.25) is 9.59 Å². The molecule has 0 aromatic heterocycles. The lowest BCUT2D eigenvalue weighted by atomic mass is 10.2. The maximum atomic E-state index is 11.9. The molecule has 0 aliphatic heterocycles. The van der Waals surface area contributed by atoms with Crippen molar-refractivity contribution in [3.05, 3.63) is 53.1 Å². The van der Waals surface area contributed by atoms with Crippen LogP contribution < -0.4 is 16.4 Å². The van der Waals surface area contributed by atoms with E-state index >= 15 is 0 Å². The van der Waals surface area contributed by atoms with Crippen LogP contribution in [-0.2, 0) is 14.3 Å². The van der Waals surface area contributed by atoms with Gasteiger partial charge in [0.25, 0.3) is 0 Å². The van der Waals surface area contributed by atoms with Crippen LogP contribution in [0.15, 0.2) is 42.5 Å². The van der Waals surface area contributed by atoms with Crippen molar-refractivity contribution in [3.63, 3.8) is 0 Å². The molecule has 0 atom stereocenters. The molecule has 2 amide bonds. The van der Waals surface area contributed by atoms with Crippen LogP contribution in [-0.4, -0.2) is 24.9 Å². The fraction of sp³-hybridized carbons (Fsp3) is 0.0625. The van der Waals surface area contributed by atoms with Gasteiger partial charge < -0.3 is 21.1 Å². The van der Waals surface area contributed by atoms with Gasteiger partial charge in [-0.1, -0.05) is 11.6 Å². The minimum Gasteiger partial charge on any atom is -0.465 e. The molecule has 0 spiro atoms. The maximum absolute atomic E-state index is 11.9. The number of carbonyl (C=O) groups excluding carboxylic acids is 3. The Morgan fingerprint density at radius 1 is 0.958 bits per heavy atom. The number of hydrogen-bond donors (Lipinski definition) is 3. The summed E-state index contributed by atoms with van der Waals surface area (Å²) >= 11 is 5.84. The number of benzene rings is 2. The third-order valence-corrected chi connectivity index (χ3v) is 3.36. The summed E-state index contributed by atoms with van der Waals surface area (Å²) < 4.78 is 4.57. The Labute approximate surface area is 142 Å². The molecule has 2 aromatic carbocycles. The van der Waals surface area contributed by atoms with Gasteiger partial charge in [-0.25, -0.2) is 4.79 Å². The maximum Gasteiger partial charge on any atom is 0.337 e. The molecule has 0 saturated carbocycles. The summed E-state index contributed by atoms with van der Waals surface area (Å²) in [5, 5.41) is 5.08. The second-order valence-electron chi connectivity index (χ2n) is 4.71. The van der Waals surface area contributed by atoms with Gasteiger partial charge in [0.2, 0.25) is 0 Å². The summed E-state index contributed by atoms with van der Waals surface area (Å²) in [4.78, 5) is 35.1. The topological polar surface area (TPSA) is 111 Å². The van der Waals surface area contributed by atoms with E-state index in [4.69, 9.17) is 17.3 Å². The normalized spacial score (nSPS) is 9.92. The molecule has 0 bridgehead atoms. The molecule has 124 valence electrons. The molecule has 2 rings (SSSR count). The number of rotatable bonds is 3. The van der Waals surface area contributed by atoms with E-state index in [1.807, 2.05) is 0 Å². The third kappa shape index (κ3) is 4.23. The van der Waals surface area contributed by atoms with Gasteiger partial charge in [-0.15, -0.1) is 0 Å². The van der Waals surface area contributed by atoms with E-state index < -0.39 is 17.8 Å². The molecule has 8 heteroatoms. The van der Waals surface area contributed by atoms with Gasteiger partial charge in [0.05, 0.1) is 23.4 Å². The summed E-state index contributed by atoms with van der Waals surface area (Å²) in [5.41, 5.74) is 6.97. The van der Waals surface area contributed by atoms with Crippen molar-refractivity contribution in [2.45, 2.75) is 0 Å². The quantitative estimate of drug-likeness (QED) is 0.448. The number of ether oxygens (including phenoxy) is 1. The molecule has 2 aromatic rings. The molecular formula is C16H14ClN3O4. The van der Waals surface area contributed by atoms with Crippen molar-refractivity contribution in [1.82, 2.24) is 0 Å². The van der Waals surface area contributed by atoms with Gasteiger partial charge in [-0.05, 0) is 42.5 Å². The lowest BCUT2D eigenvalue weighted by molar-refractivity contribution is -0.132. The average Bonchev–Trinajstić information content (AvgIpc) is 2.58. The van der Waals surface area contributed by atoms with Crippen molar-refractivity contribution >= 4 is 46.4 Å². The number of methoxy groups -OCH3 is 1. The predicted octanol–water partition coefficient (Wildman–Crippen LogP) is 2.29. The molecule has 0 aliphatic rings. The molecule has 0 heterocycles. The molecule has 0 radical (unpaired) electrons. The Hall–Kier alpha value is -3.06. The largest absolute Gasteiger partial charge is 0.465 e. The van der Waals surface area contributed by atoms with Crippen LogP contribution in [0.5, 0.6) is 0 Å². The van der Waals surface area contributed by atoms with Crippen LogP contribution in [0.4, 0.5) is 17.1 Å². The Morgan fingerprint density at radius 2 is 1.50 bits per heavy atom. The highest BCUT2D eigenvalue weighted by atomic mass is 35.5. The van der Waals surface area contributed by atoms with E-state index in [0.29, 0.717) is 22.6 Å². The minimum absolute atomic E-state index is 0.270. The van der Waals surface area contributed by atoms with Crippen molar-refractivity contribution < 1.29 is 19.1 Å². The zero-order valence-corrected chi connectivity index (χ0v) is 13.4. The predicted molar refractivity (Wildman–Crippen MR) is 90.9 cm³/mol. The number of carbonyl (C=O) groups is 3. The second kappa shape index (κ2) is 7.47. The molecule has 0 aliphatic carbocycles. The number of nitrogens with two attached hydrogens (primary N) is 1. The van der Waals surface area contributed by atoms with Gasteiger partial charge in [0.1, 0.15) is 0 Å². The number of esters is 1. The molecule has 24 heavy (non-hydrogen) atoms. The summed E-state index contributed by atoms with van der Waals surface area (Å²) in [6, 6.07) is 10.4. The highest BCUT2D eigenvalue weighted by Gasteiger charge is 2.15. The first-order chi connectivity index (χ1) is 11.4. The molecule has 0 saturated heterocycles. The first-order valence-electron chi connectivity index (χ1n) is 6.76. The molecular weight excluding hydrogens is 334 g/mol. The summed E-state index contributed by atoms with van der Waals surface area (Å²) in [7, 11) is 1.27. The van der Waals surface area contributed by atoms with Crippen LogP contribution in [0.2, 0.25) is 5.02 Å². The number of halogens is 1. The lowest BCUT2D eigenvalue weighted by Gasteiger charge is -2.08. The lowest BCUT2D eigenvalue weighted by Crippen LogP contribution is -2.29. The first-order valence-corrected chi connectivity index (χ1v) is 7.14. The number of anilines is 3. The number of nitrogen functional groups attached to an aromatic ring is 1. The van der Waals surface area contributed by atoms with E-state index in [9.17, 15) is 14.4 Å². The van der Waals surface area contributed by atoms with E-state index in [-0.39, 0.29) is 5.02 Å². The van der Waals surface area contributed by atoms with Crippen LogP contribution >= 0.6 is 11.6 Å². The van der Waals surface area contributed by atoms with Crippen molar-refractivity contribution in [1.29, 1.82) is 0 Å². The fourth-order valence-electron chi connectivity index (χ4n) is 1.79. The monoisotopic (exact) mass is 347 g/mol. The standard InChI is InChI=1S/C16H14ClN3O4/c1-24-16(23)9-2-4-10(5-3-9)19-14(21)15(22)20-11-6-7-13(18)12(17)8-11/h2-8H,18H2,1H3,(H,19,21)(H,20,22). The van der Waals surface area contributed by atoms with E-state index in [1.165, 1.54) is 49.6 Å². The van der Waals surface area contributed by atoms with E-state index in [2.05, 4.69) is 15.4 Å². The Kier molecular flexibility index (Phi) is 5.39. The molecule has 0 unspecified atom stereocenters. The van der Waals surface area contributed by atoms with Crippen LogP contribution in [0.3, 0.4) is 0 Å². The molecule has 4 N–H and O–H groups in total. The highest BCUT2D eigenvalue weighted by Crippen LogP contribution is 2.22. The van der Waals surface area contributed by atoms with E-state index in [0.717, 1.165) is 0 Å². The average molecular weight is 348 g/mol. The Balaban J connectivity index is 1.99. The molecule has 7 nitrogen and oxygen atoms in total. The summed E-state index contributed by atoms with van der Waals surface area (Å²) in [5.74, 6) is -2.23. The summed E-state index contributed by atoms with van der Waals surface area (Å²) in [6.07, 6.45) is 0. The van der Waals surface area contributed by atoms with Gasteiger partial charge in [-0.2, -0.15) is 0 Å². The number of nitrogens with one attached hydrogen (secondary N) is 2. The smallest absolute Gasteiger partial charge is 0.337 e. The van der Waals surface area contributed by atoms with E-state index in [1.54, 1.807) is 0 Å². The van der Waals surface area contributed by atoms with Gasteiger partial charge in [0.15, 0.2) is 0 Å². The zero-order valence-electron chi connectivity index (χ0n) is 12.6. The summed E-state index contributed by atoms with van der Waals surface area (Å²) in [6.45, 7) is 0. The third-order valence-electron chi connectivity index (χ3n) is 3.03. The number of amides is 2. The van der Waals surface area contributed by atoms with Crippen molar-refractivity contribution in [2.24, 2.45) is 0 Å². The minimum atomic E-state index is -0.868. The zero-order chi connectivity index (χ0) is 17.7. The van der Waals surface area contributed by atoms with Crippen LogP contribution in [0.25, 0.3) is 0 Å². The number of hydrogen-bond acceptors (Lipinski definition) is 5. The Bertz CT molecular complexity index is 790. The van der Waals surface area contributed by atoms with Gasteiger partial charge in [0, 0.05) is 11.4 Å².